The van der Waals surface area contributed by atoms with Crippen molar-refractivity contribution in [3.63, 3.8) is 0 Å². The van der Waals surface area contributed by atoms with Crippen molar-refractivity contribution in [1.82, 2.24) is 0 Å². The van der Waals surface area contributed by atoms with E-state index in [1.54, 1.807) is 12.2 Å². The molecule has 0 amide bonds. The highest BCUT2D eigenvalue weighted by molar-refractivity contribution is 7.47. The molecule has 0 saturated heterocycles. The van der Waals surface area contributed by atoms with Crippen molar-refractivity contribution in [2.75, 3.05) is 39.6 Å². The first-order valence-electron chi connectivity index (χ1n) is 40.0. The molecule has 0 fully saturated rings. The van der Waals surface area contributed by atoms with E-state index < -0.39 is 97.5 Å². The maximum absolute atomic E-state index is 13.1. The van der Waals surface area contributed by atoms with Crippen LogP contribution < -0.4 is 0 Å². The lowest BCUT2D eigenvalue weighted by molar-refractivity contribution is -0.161. The van der Waals surface area contributed by atoms with Gasteiger partial charge in [-0.15, -0.1) is 0 Å². The molecule has 0 aromatic rings. The van der Waals surface area contributed by atoms with Gasteiger partial charge in [-0.3, -0.25) is 37.3 Å². The van der Waals surface area contributed by atoms with E-state index in [1.807, 2.05) is 30.4 Å². The van der Waals surface area contributed by atoms with Crippen LogP contribution in [-0.4, -0.2) is 96.7 Å². The summed E-state index contributed by atoms with van der Waals surface area (Å²) in [7, 11) is -10.0. The number of hydrogen-bond acceptors (Lipinski definition) is 15. The molecule has 0 aromatic heterocycles. The first-order valence-corrected chi connectivity index (χ1v) is 43.0. The number of aliphatic hydroxyl groups excluding tert-OH is 1. The van der Waals surface area contributed by atoms with Gasteiger partial charge < -0.3 is 33.8 Å². The number of esters is 4. The number of carbonyl (C=O) groups excluding carboxylic acids is 4. The predicted octanol–water partition coefficient (Wildman–Crippen LogP) is 23.7. The normalized spacial score (nSPS) is 15.0. The molecule has 0 heterocycles. The third kappa shape index (κ3) is 77.5. The number of unbranched alkanes of at least 4 members (excludes halogenated alkanes) is 11. The molecule has 0 spiro atoms. The topological polar surface area (TPSA) is 237 Å². The van der Waals surface area contributed by atoms with Gasteiger partial charge in [-0.25, -0.2) is 9.13 Å². The van der Waals surface area contributed by atoms with Crippen LogP contribution >= 0.6 is 15.6 Å². The second-order valence-corrected chi connectivity index (χ2v) is 28.4. The van der Waals surface area contributed by atoms with Gasteiger partial charge in [0.2, 0.25) is 0 Å². The number of phosphoric acid groups is 2. The number of carbonyl (C=O) groups is 4. The van der Waals surface area contributed by atoms with Crippen molar-refractivity contribution in [1.29, 1.82) is 0 Å². The lowest BCUT2D eigenvalue weighted by Crippen LogP contribution is -2.30. The molecular formula is C89H138O17P2. The van der Waals surface area contributed by atoms with E-state index in [0.717, 1.165) is 173 Å². The number of allylic oxidation sites excluding steroid dienone is 35. The van der Waals surface area contributed by atoms with Crippen LogP contribution in [0.5, 0.6) is 0 Å². The largest absolute Gasteiger partial charge is 0.472 e. The van der Waals surface area contributed by atoms with Crippen LogP contribution in [0.25, 0.3) is 0 Å². The smallest absolute Gasteiger partial charge is 0.462 e. The van der Waals surface area contributed by atoms with Gasteiger partial charge in [0.05, 0.1) is 32.8 Å². The average Bonchev–Trinajstić information content (AvgIpc) is 0.923. The quantitative estimate of drug-likeness (QED) is 0.0169. The lowest BCUT2D eigenvalue weighted by Gasteiger charge is -2.21. The molecule has 0 radical (unpaired) electrons. The molecule has 3 N–H and O–H groups in total. The molecule has 19 heteroatoms. The Morgan fingerprint density at radius 1 is 0.269 bits per heavy atom. The van der Waals surface area contributed by atoms with Crippen LogP contribution in [0.15, 0.2) is 219 Å². The Hall–Kier alpha value is -6.62. The minimum absolute atomic E-state index is 0.00690. The molecule has 0 bridgehead atoms. The van der Waals surface area contributed by atoms with Gasteiger partial charge in [0.25, 0.3) is 0 Å². The van der Waals surface area contributed by atoms with Crippen molar-refractivity contribution in [3.05, 3.63) is 219 Å². The van der Waals surface area contributed by atoms with Gasteiger partial charge in [-0.2, -0.15) is 0 Å². The number of aliphatic hydroxyl groups is 1. The Kier molecular flexibility index (Phi) is 73.7. The minimum atomic E-state index is -5.03. The fourth-order valence-corrected chi connectivity index (χ4v) is 11.1. The van der Waals surface area contributed by atoms with Crippen molar-refractivity contribution in [2.24, 2.45) is 0 Å². The standard InChI is InChI=1S/C89H138O17P2/c1-5-9-13-17-21-25-29-33-37-39-41-43-47-49-53-57-61-65-69-73-86(91)99-79-84(105-88(93)75-71-67-63-59-55-51-45-35-31-27-23-19-15-11-7-3)81-103-107(95,96)101-77-83(90)78-102-108(97,98)104-82-85(106-89(94)76-72-68-64-60-56-52-46-36-32-28-24-20-16-12-8-4)80-100-87(92)74-70-66-62-58-54-50-48-44-42-40-38-34-30-26-22-18-14-10-6-2/h9-16,21-28,33-38,41-46,49,53,55,59,61,65,67,71,83-85,90H,5-8,17-20,29-32,39-40,47-48,50-52,54,56-58,60,62-64,66,68-70,72-82H2,1-4H3,(H,95,96)(H,97,98)/b13-9-,14-10-,15-11-,16-12-,25-21-,26-22-,27-23-,28-24-,37-33-,38-34-,43-41-,44-42-,45-35-,46-36-,53-49-,59-55-,65-61-,71-67-. The Morgan fingerprint density at radius 3 is 0.833 bits per heavy atom. The van der Waals surface area contributed by atoms with E-state index in [1.165, 1.54) is 0 Å². The molecular weight excluding hydrogens is 1400 g/mol. The SMILES string of the molecule is CC/C=C\C/C=C\C/C=C\C/C=C\C/C=C\C/C=C\CCC(=O)OCC(COP(=O)(O)OCC(O)COP(=O)(O)OCC(COC(=O)CCCCCCCC/C=C\C/C=C\C/C=C\C/C=C\CC)OC(=O)CCCCCCC/C=C\C/C=C\C/C=C\CC)OC(=O)C/C=C\C/C=C\C/C=C\C/C=C\C/C=C\CC. The zero-order valence-electron chi connectivity index (χ0n) is 66.2. The van der Waals surface area contributed by atoms with Gasteiger partial charge in [0.1, 0.15) is 19.3 Å². The van der Waals surface area contributed by atoms with E-state index in [2.05, 4.69) is 204 Å². The predicted molar refractivity (Wildman–Crippen MR) is 445 cm³/mol. The molecule has 108 heavy (non-hydrogen) atoms. The van der Waals surface area contributed by atoms with E-state index in [0.29, 0.717) is 32.1 Å². The summed E-state index contributed by atoms with van der Waals surface area (Å²) in [5.41, 5.74) is 0. The van der Waals surface area contributed by atoms with Crippen LogP contribution in [0.3, 0.4) is 0 Å². The molecule has 0 aliphatic rings. The van der Waals surface area contributed by atoms with Crippen LogP contribution in [0.2, 0.25) is 0 Å². The highest BCUT2D eigenvalue weighted by Gasteiger charge is 2.30. The second-order valence-electron chi connectivity index (χ2n) is 25.5. The molecule has 0 aromatic carbocycles. The maximum atomic E-state index is 13.1. The van der Waals surface area contributed by atoms with Crippen molar-refractivity contribution in [3.8, 4) is 0 Å². The summed E-state index contributed by atoms with van der Waals surface area (Å²) in [4.78, 5) is 73.0. The molecule has 17 nitrogen and oxygen atoms in total. The van der Waals surface area contributed by atoms with E-state index in [4.69, 9.17) is 37.0 Å². The molecule has 0 saturated carbocycles. The Bertz CT molecular complexity index is 2910. The van der Waals surface area contributed by atoms with Gasteiger partial charge >= 0.3 is 39.5 Å². The zero-order valence-corrected chi connectivity index (χ0v) is 68.0. The van der Waals surface area contributed by atoms with Crippen molar-refractivity contribution < 1.29 is 80.2 Å². The Labute approximate surface area is 651 Å². The Morgan fingerprint density at radius 2 is 0.509 bits per heavy atom. The first kappa shape index (κ1) is 101. The van der Waals surface area contributed by atoms with Gasteiger partial charge in [0, 0.05) is 19.3 Å². The fraction of sp³-hybridized carbons (Fsp3) is 0.551. The van der Waals surface area contributed by atoms with E-state index in [9.17, 15) is 43.2 Å². The lowest BCUT2D eigenvalue weighted by atomic mass is 10.1. The van der Waals surface area contributed by atoms with Crippen molar-refractivity contribution in [2.45, 2.75) is 277 Å². The molecule has 0 aliphatic heterocycles. The van der Waals surface area contributed by atoms with Gasteiger partial charge in [0.15, 0.2) is 12.2 Å². The summed E-state index contributed by atoms with van der Waals surface area (Å²) in [6.45, 7) is 4.14. The maximum Gasteiger partial charge on any atom is 0.472 e. The molecule has 0 rings (SSSR count). The molecule has 5 atom stereocenters. The number of phosphoric ester groups is 2. The van der Waals surface area contributed by atoms with Gasteiger partial charge in [-0.1, -0.05) is 291 Å². The highest BCUT2D eigenvalue weighted by Crippen LogP contribution is 2.45. The highest BCUT2D eigenvalue weighted by atomic mass is 31.2. The summed E-state index contributed by atoms with van der Waals surface area (Å²) in [6, 6.07) is 0. The van der Waals surface area contributed by atoms with Crippen LogP contribution in [0.4, 0.5) is 0 Å². The number of ether oxygens (including phenoxy) is 4. The molecule has 5 unspecified atom stereocenters. The number of hydrogen-bond donors (Lipinski definition) is 3. The molecule has 0 aliphatic carbocycles. The number of rotatable bonds is 72. The van der Waals surface area contributed by atoms with Crippen molar-refractivity contribution >= 4 is 39.5 Å². The minimum Gasteiger partial charge on any atom is -0.462 e. The first-order chi connectivity index (χ1) is 52.7. The summed E-state index contributed by atoms with van der Waals surface area (Å²) in [6.07, 6.45) is 99.6. The summed E-state index contributed by atoms with van der Waals surface area (Å²) >= 11 is 0. The van der Waals surface area contributed by atoms with Crippen LogP contribution in [0, 0.1) is 0 Å². The second kappa shape index (κ2) is 78.5. The van der Waals surface area contributed by atoms with Crippen LogP contribution in [0.1, 0.15) is 259 Å². The Balaban J connectivity index is 5.54. The van der Waals surface area contributed by atoms with Crippen LogP contribution in [-0.2, 0) is 65.4 Å². The van der Waals surface area contributed by atoms with E-state index in [-0.39, 0.29) is 25.7 Å². The summed E-state index contributed by atoms with van der Waals surface area (Å²) in [5, 5.41) is 10.6. The monoisotopic (exact) mass is 1540 g/mol. The van der Waals surface area contributed by atoms with Gasteiger partial charge in [-0.05, 0) is 161 Å². The zero-order chi connectivity index (χ0) is 78.9. The third-order valence-electron chi connectivity index (χ3n) is 15.5. The third-order valence-corrected chi connectivity index (χ3v) is 17.4. The summed E-state index contributed by atoms with van der Waals surface area (Å²) in [5.74, 6) is -2.48. The van der Waals surface area contributed by atoms with E-state index >= 15 is 0 Å². The summed E-state index contributed by atoms with van der Waals surface area (Å²) < 4.78 is 68.4. The fourth-order valence-electron chi connectivity index (χ4n) is 9.56. The average molecular weight is 1540 g/mol. The molecule has 606 valence electrons.